The van der Waals surface area contributed by atoms with Crippen molar-refractivity contribution in [3.8, 4) is 0 Å². The van der Waals surface area contributed by atoms with Crippen molar-refractivity contribution in [3.63, 3.8) is 0 Å². The highest BCUT2D eigenvalue weighted by atomic mass is 16.2. The first-order chi connectivity index (χ1) is 12.5. The van der Waals surface area contributed by atoms with Crippen LogP contribution in [0.4, 0.5) is 5.69 Å². The van der Waals surface area contributed by atoms with Gasteiger partial charge in [0.1, 0.15) is 11.4 Å². The van der Waals surface area contributed by atoms with E-state index in [0.29, 0.717) is 5.69 Å². The molecule has 0 bridgehead atoms. The minimum absolute atomic E-state index is 0.0729. The molecule has 26 heavy (non-hydrogen) atoms. The van der Waals surface area contributed by atoms with Gasteiger partial charge in [-0.2, -0.15) is 0 Å². The second-order valence-electron chi connectivity index (χ2n) is 6.91. The minimum atomic E-state index is -0.656. The van der Waals surface area contributed by atoms with E-state index in [4.69, 9.17) is 5.73 Å². The Balaban J connectivity index is 1.61. The van der Waals surface area contributed by atoms with Crippen LogP contribution in [0.5, 0.6) is 0 Å². The number of aromatic nitrogens is 1. The van der Waals surface area contributed by atoms with Crippen LogP contribution in [0.25, 0.3) is 0 Å². The Labute approximate surface area is 153 Å². The van der Waals surface area contributed by atoms with Crippen molar-refractivity contribution in [2.24, 2.45) is 11.7 Å². The highest BCUT2D eigenvalue weighted by molar-refractivity contribution is 6.03. The summed E-state index contributed by atoms with van der Waals surface area (Å²) in [6, 6.07) is 12.5. The first kappa shape index (κ1) is 18.1. The number of benzene rings is 1. The molecule has 2 amide bonds. The van der Waals surface area contributed by atoms with Gasteiger partial charge in [0.05, 0.1) is 0 Å². The monoisotopic (exact) mass is 352 g/mol. The van der Waals surface area contributed by atoms with E-state index < -0.39 is 5.91 Å². The van der Waals surface area contributed by atoms with Crippen LogP contribution in [-0.4, -0.2) is 34.8 Å². The van der Waals surface area contributed by atoms with Gasteiger partial charge >= 0.3 is 0 Å². The average molecular weight is 352 g/mol. The number of amides is 2. The first-order valence-corrected chi connectivity index (χ1v) is 8.91. The Morgan fingerprint density at radius 1 is 1.19 bits per heavy atom. The zero-order valence-corrected chi connectivity index (χ0v) is 14.9. The Morgan fingerprint density at radius 3 is 2.62 bits per heavy atom. The number of nitrogens with zero attached hydrogens (tertiary/aromatic N) is 2. The maximum atomic E-state index is 12.3. The summed E-state index contributed by atoms with van der Waals surface area (Å²) < 4.78 is 0. The Hall–Kier alpha value is -2.73. The molecule has 1 fully saturated rings. The summed E-state index contributed by atoms with van der Waals surface area (Å²) in [6.45, 7) is 5.51. The SMILES string of the molecule is CC1CCCN(Cc2ccc(NC(=O)c3cccc(C(N)=O)n3)cc2)C1. The molecule has 1 aliphatic heterocycles. The number of carbonyl (C=O) groups is 2. The van der Waals surface area contributed by atoms with E-state index in [1.54, 1.807) is 12.1 Å². The molecule has 1 aromatic heterocycles. The molecule has 3 rings (SSSR count). The largest absolute Gasteiger partial charge is 0.364 e. The van der Waals surface area contributed by atoms with Crippen molar-refractivity contribution >= 4 is 17.5 Å². The van der Waals surface area contributed by atoms with Gasteiger partial charge in [-0.25, -0.2) is 4.98 Å². The van der Waals surface area contributed by atoms with Crippen molar-refractivity contribution in [1.82, 2.24) is 9.88 Å². The molecule has 2 aromatic rings. The van der Waals surface area contributed by atoms with Crippen LogP contribution in [0.15, 0.2) is 42.5 Å². The normalized spacial score (nSPS) is 17.7. The van der Waals surface area contributed by atoms with E-state index in [-0.39, 0.29) is 17.3 Å². The van der Waals surface area contributed by atoms with Gasteiger partial charge in [0, 0.05) is 18.8 Å². The summed E-state index contributed by atoms with van der Waals surface area (Å²) in [5.74, 6) is -0.271. The summed E-state index contributed by atoms with van der Waals surface area (Å²) in [7, 11) is 0. The van der Waals surface area contributed by atoms with Crippen LogP contribution in [-0.2, 0) is 6.54 Å². The molecule has 0 radical (unpaired) electrons. The predicted molar refractivity (Wildman–Crippen MR) is 101 cm³/mol. The molecule has 1 aliphatic rings. The van der Waals surface area contributed by atoms with Crippen LogP contribution < -0.4 is 11.1 Å². The average Bonchev–Trinajstić information content (AvgIpc) is 2.63. The summed E-state index contributed by atoms with van der Waals surface area (Å²) in [4.78, 5) is 29.9. The lowest BCUT2D eigenvalue weighted by Gasteiger charge is -2.30. The Kier molecular flexibility index (Phi) is 5.63. The molecule has 136 valence electrons. The van der Waals surface area contributed by atoms with E-state index in [9.17, 15) is 9.59 Å². The van der Waals surface area contributed by atoms with Gasteiger partial charge in [0.2, 0.25) is 0 Å². The number of pyridine rings is 1. The maximum Gasteiger partial charge on any atom is 0.274 e. The van der Waals surface area contributed by atoms with Gasteiger partial charge in [0.15, 0.2) is 0 Å². The maximum absolute atomic E-state index is 12.3. The number of nitrogens with two attached hydrogens (primary N) is 1. The van der Waals surface area contributed by atoms with E-state index in [1.165, 1.54) is 24.5 Å². The molecular formula is C20H24N4O2. The van der Waals surface area contributed by atoms with Crippen LogP contribution >= 0.6 is 0 Å². The molecule has 0 saturated carbocycles. The van der Waals surface area contributed by atoms with Gasteiger partial charge in [-0.1, -0.05) is 25.1 Å². The van der Waals surface area contributed by atoms with Crippen LogP contribution in [0.2, 0.25) is 0 Å². The van der Waals surface area contributed by atoms with Crippen molar-refractivity contribution in [3.05, 3.63) is 59.4 Å². The van der Waals surface area contributed by atoms with Crippen molar-refractivity contribution in [1.29, 1.82) is 0 Å². The van der Waals surface area contributed by atoms with E-state index in [1.807, 2.05) is 24.3 Å². The van der Waals surface area contributed by atoms with E-state index in [0.717, 1.165) is 25.6 Å². The summed E-state index contributed by atoms with van der Waals surface area (Å²) in [5.41, 5.74) is 7.35. The summed E-state index contributed by atoms with van der Waals surface area (Å²) in [5, 5.41) is 2.80. The molecule has 1 saturated heterocycles. The number of piperidine rings is 1. The van der Waals surface area contributed by atoms with E-state index in [2.05, 4.69) is 22.1 Å². The van der Waals surface area contributed by atoms with Gasteiger partial charge in [-0.15, -0.1) is 0 Å². The lowest BCUT2D eigenvalue weighted by atomic mass is 10.00. The third kappa shape index (κ3) is 4.67. The molecule has 6 heteroatoms. The fourth-order valence-corrected chi connectivity index (χ4v) is 3.28. The second kappa shape index (κ2) is 8.10. The third-order valence-electron chi connectivity index (χ3n) is 4.59. The Morgan fingerprint density at radius 2 is 1.92 bits per heavy atom. The topological polar surface area (TPSA) is 88.3 Å². The first-order valence-electron chi connectivity index (χ1n) is 8.91. The number of rotatable bonds is 5. The molecule has 1 unspecified atom stereocenters. The molecule has 2 heterocycles. The number of anilines is 1. The van der Waals surface area contributed by atoms with E-state index >= 15 is 0 Å². The molecular weight excluding hydrogens is 328 g/mol. The lowest BCUT2D eigenvalue weighted by Crippen LogP contribution is -2.33. The summed E-state index contributed by atoms with van der Waals surface area (Å²) >= 11 is 0. The number of likely N-dealkylation sites (tertiary alicyclic amines) is 1. The highest BCUT2D eigenvalue weighted by Gasteiger charge is 2.16. The predicted octanol–water partition coefficient (Wildman–Crippen LogP) is 2.66. The smallest absolute Gasteiger partial charge is 0.274 e. The number of carbonyl (C=O) groups excluding carboxylic acids is 2. The molecule has 1 aromatic carbocycles. The molecule has 3 N–H and O–H groups in total. The zero-order valence-electron chi connectivity index (χ0n) is 14.9. The quantitative estimate of drug-likeness (QED) is 0.866. The molecule has 1 atom stereocenters. The van der Waals surface area contributed by atoms with Crippen molar-refractivity contribution in [2.45, 2.75) is 26.3 Å². The lowest BCUT2D eigenvalue weighted by molar-refractivity contribution is 0.0995. The van der Waals surface area contributed by atoms with Crippen LogP contribution in [0, 0.1) is 5.92 Å². The fourth-order valence-electron chi connectivity index (χ4n) is 3.28. The number of nitrogens with one attached hydrogen (secondary N) is 1. The van der Waals surface area contributed by atoms with Gasteiger partial charge in [0.25, 0.3) is 11.8 Å². The minimum Gasteiger partial charge on any atom is -0.364 e. The van der Waals surface area contributed by atoms with Crippen molar-refractivity contribution in [2.75, 3.05) is 18.4 Å². The van der Waals surface area contributed by atoms with Crippen LogP contribution in [0.1, 0.15) is 46.3 Å². The fraction of sp³-hybridized carbons (Fsp3) is 0.350. The highest BCUT2D eigenvalue weighted by Crippen LogP contribution is 2.19. The molecule has 0 aliphatic carbocycles. The Bertz CT molecular complexity index is 789. The standard InChI is InChI=1S/C20H24N4O2/c1-14-4-3-11-24(12-14)13-15-7-9-16(10-8-15)22-20(26)18-6-2-5-17(23-18)19(21)25/h2,5-10,14H,3-4,11-13H2,1H3,(H2,21,25)(H,22,26). The number of hydrogen-bond acceptors (Lipinski definition) is 4. The van der Waals surface area contributed by atoms with Gasteiger partial charge in [-0.3, -0.25) is 14.5 Å². The van der Waals surface area contributed by atoms with Crippen molar-refractivity contribution < 1.29 is 9.59 Å². The number of hydrogen-bond donors (Lipinski definition) is 2. The number of primary amides is 1. The molecule has 6 nitrogen and oxygen atoms in total. The third-order valence-corrected chi connectivity index (χ3v) is 4.59. The van der Waals surface area contributed by atoms with Gasteiger partial charge < -0.3 is 11.1 Å². The van der Waals surface area contributed by atoms with Gasteiger partial charge in [-0.05, 0) is 55.1 Å². The molecule has 0 spiro atoms. The van der Waals surface area contributed by atoms with Crippen LogP contribution in [0.3, 0.4) is 0 Å². The second-order valence-corrected chi connectivity index (χ2v) is 6.91. The zero-order chi connectivity index (χ0) is 18.5. The summed E-state index contributed by atoms with van der Waals surface area (Å²) in [6.07, 6.45) is 2.57.